The van der Waals surface area contributed by atoms with Gasteiger partial charge >= 0.3 is 0 Å². The molecular formula is C22H24FN5O4S2. The Hall–Kier alpha value is -3.12. The number of carbonyl (C=O) groups excluding carboxylic acids is 1. The molecule has 0 bridgehead atoms. The molecule has 0 aliphatic heterocycles. The summed E-state index contributed by atoms with van der Waals surface area (Å²) in [6.07, 6.45) is 4.24. The van der Waals surface area contributed by atoms with Crippen LogP contribution in [0, 0.1) is 5.82 Å². The average Bonchev–Trinajstić information content (AvgIpc) is 3.56. The van der Waals surface area contributed by atoms with Crippen molar-refractivity contribution < 1.29 is 22.3 Å². The van der Waals surface area contributed by atoms with Crippen LogP contribution in [0.25, 0.3) is 11.3 Å². The zero-order valence-corrected chi connectivity index (χ0v) is 20.5. The first-order valence-electron chi connectivity index (χ1n) is 10.6. The second-order valence-corrected chi connectivity index (χ2v) is 11.2. The summed E-state index contributed by atoms with van der Waals surface area (Å²) >= 11 is 1.10. The minimum absolute atomic E-state index is 0.000589. The number of amides is 1. The molecule has 12 heteroatoms. The van der Waals surface area contributed by atoms with E-state index in [0.717, 1.165) is 11.3 Å². The maximum atomic E-state index is 14.8. The molecule has 2 aromatic heterocycles. The van der Waals surface area contributed by atoms with Gasteiger partial charge in [-0.2, -0.15) is 0 Å². The van der Waals surface area contributed by atoms with Crippen molar-refractivity contribution in [2.24, 2.45) is 0 Å². The molecule has 3 aromatic rings. The fourth-order valence-corrected chi connectivity index (χ4v) is 5.54. The number of hydrogen-bond acceptors (Lipinski definition) is 8. The molecule has 4 rings (SSSR count). The number of hydrogen-bond donors (Lipinski definition) is 2. The van der Waals surface area contributed by atoms with E-state index in [0.29, 0.717) is 42.3 Å². The Balaban J connectivity index is 1.48. The number of rotatable bonds is 9. The highest BCUT2D eigenvalue weighted by Crippen LogP contribution is 2.33. The van der Waals surface area contributed by atoms with E-state index in [1.165, 1.54) is 24.5 Å². The van der Waals surface area contributed by atoms with E-state index in [-0.39, 0.29) is 16.1 Å². The number of anilines is 2. The van der Waals surface area contributed by atoms with Gasteiger partial charge in [0.05, 0.1) is 46.7 Å². The summed E-state index contributed by atoms with van der Waals surface area (Å²) in [5.41, 5.74) is 0.161. The Labute approximate surface area is 200 Å². The number of benzene rings is 1. The molecule has 9 nitrogen and oxygen atoms in total. The lowest BCUT2D eigenvalue weighted by Crippen LogP contribution is -2.35. The van der Waals surface area contributed by atoms with Crippen LogP contribution in [-0.2, 0) is 20.2 Å². The van der Waals surface area contributed by atoms with Gasteiger partial charge in [0, 0.05) is 10.9 Å². The summed E-state index contributed by atoms with van der Waals surface area (Å²) in [4.78, 5) is 25.6. The lowest BCUT2D eigenvalue weighted by Gasteiger charge is -2.22. The molecule has 1 amide bonds. The van der Waals surface area contributed by atoms with Gasteiger partial charge in [0.1, 0.15) is 5.82 Å². The summed E-state index contributed by atoms with van der Waals surface area (Å²) in [6.45, 7) is 5.53. The maximum absolute atomic E-state index is 14.8. The normalized spacial score (nSPS) is 14.0. The van der Waals surface area contributed by atoms with Gasteiger partial charge < -0.3 is 10.1 Å². The molecule has 0 atom stereocenters. The van der Waals surface area contributed by atoms with Crippen LogP contribution in [0.5, 0.6) is 5.88 Å². The topological polar surface area (TPSA) is 123 Å². The summed E-state index contributed by atoms with van der Waals surface area (Å²) in [7, 11) is -3.45. The van der Waals surface area contributed by atoms with Crippen molar-refractivity contribution in [3.05, 3.63) is 47.5 Å². The molecular weight excluding hydrogens is 481 g/mol. The van der Waals surface area contributed by atoms with Gasteiger partial charge in [-0.05, 0) is 45.7 Å². The third-order valence-electron chi connectivity index (χ3n) is 5.32. The lowest BCUT2D eigenvalue weighted by molar-refractivity contribution is -0.120. The highest BCUT2D eigenvalue weighted by Gasteiger charge is 2.37. The second-order valence-electron chi connectivity index (χ2n) is 8.33. The first kappa shape index (κ1) is 24.0. The summed E-state index contributed by atoms with van der Waals surface area (Å²) in [6, 6.07) is 4.33. The fourth-order valence-electron chi connectivity index (χ4n) is 3.07. The largest absolute Gasteiger partial charge is 0.477 e. The van der Waals surface area contributed by atoms with Gasteiger partial charge in [0.2, 0.25) is 21.8 Å². The van der Waals surface area contributed by atoms with E-state index in [2.05, 4.69) is 25.0 Å². The van der Waals surface area contributed by atoms with Gasteiger partial charge in [0.25, 0.3) is 0 Å². The van der Waals surface area contributed by atoms with Crippen LogP contribution in [0.2, 0.25) is 0 Å². The molecule has 1 aromatic carbocycles. The Kier molecular flexibility index (Phi) is 6.54. The Morgan fingerprint density at radius 2 is 2.03 bits per heavy atom. The molecule has 1 saturated carbocycles. The monoisotopic (exact) mass is 505 g/mol. The zero-order valence-electron chi connectivity index (χ0n) is 18.8. The molecule has 180 valence electrons. The number of ether oxygens (including phenoxy) is 1. The van der Waals surface area contributed by atoms with Gasteiger partial charge in [0.15, 0.2) is 5.13 Å². The van der Waals surface area contributed by atoms with Crippen molar-refractivity contribution >= 4 is 38.1 Å². The number of sulfonamides is 1. The van der Waals surface area contributed by atoms with E-state index in [4.69, 9.17) is 4.74 Å². The van der Waals surface area contributed by atoms with Crippen molar-refractivity contribution in [1.29, 1.82) is 0 Å². The SMILES string of the molecule is CCOc1cncc(-c2ccc(NC(=O)C(C)(C)c3csc(NS(=O)(=O)C4CC4)n3)c(F)c2)n1. The number of nitrogens with zero attached hydrogens (tertiary/aromatic N) is 3. The molecule has 0 spiro atoms. The van der Waals surface area contributed by atoms with E-state index < -0.39 is 27.2 Å². The van der Waals surface area contributed by atoms with Crippen LogP contribution in [-0.4, -0.2) is 41.1 Å². The minimum Gasteiger partial charge on any atom is -0.477 e. The van der Waals surface area contributed by atoms with Crippen molar-refractivity contribution in [3.63, 3.8) is 0 Å². The maximum Gasteiger partial charge on any atom is 0.237 e. The first-order chi connectivity index (χ1) is 16.1. The van der Waals surface area contributed by atoms with Crippen LogP contribution < -0.4 is 14.8 Å². The number of thiazole rings is 1. The molecule has 1 aliphatic carbocycles. The van der Waals surface area contributed by atoms with Crippen molar-refractivity contribution in [2.75, 3.05) is 16.6 Å². The van der Waals surface area contributed by atoms with Crippen LogP contribution in [0.1, 0.15) is 39.3 Å². The van der Waals surface area contributed by atoms with Gasteiger partial charge in [-0.3, -0.25) is 14.5 Å². The number of halogens is 1. The average molecular weight is 506 g/mol. The second kappa shape index (κ2) is 9.26. The Morgan fingerprint density at radius 3 is 2.71 bits per heavy atom. The Bertz CT molecular complexity index is 1320. The van der Waals surface area contributed by atoms with Gasteiger partial charge in [-0.15, -0.1) is 11.3 Å². The number of nitrogens with one attached hydrogen (secondary N) is 2. The minimum atomic E-state index is -3.45. The third kappa shape index (κ3) is 5.17. The highest BCUT2D eigenvalue weighted by atomic mass is 32.2. The summed E-state index contributed by atoms with van der Waals surface area (Å²) in [5, 5.41) is 4.04. The number of carbonyl (C=O) groups is 1. The van der Waals surface area contributed by atoms with Crippen molar-refractivity contribution in [1.82, 2.24) is 15.0 Å². The quantitative estimate of drug-likeness (QED) is 0.451. The van der Waals surface area contributed by atoms with E-state index >= 15 is 0 Å². The number of aromatic nitrogens is 3. The molecule has 0 unspecified atom stereocenters. The smallest absolute Gasteiger partial charge is 0.237 e. The summed E-state index contributed by atoms with van der Waals surface area (Å²) < 4.78 is 46.9. The molecule has 0 radical (unpaired) electrons. The zero-order chi connectivity index (χ0) is 24.5. The molecule has 34 heavy (non-hydrogen) atoms. The molecule has 2 N–H and O–H groups in total. The van der Waals surface area contributed by atoms with Gasteiger partial charge in [-0.25, -0.2) is 22.8 Å². The molecule has 1 aliphatic rings. The summed E-state index contributed by atoms with van der Waals surface area (Å²) in [5.74, 6) is -0.790. The van der Waals surface area contributed by atoms with E-state index in [1.807, 2.05) is 6.92 Å². The van der Waals surface area contributed by atoms with Crippen LogP contribution in [0.4, 0.5) is 15.2 Å². The molecule has 2 heterocycles. The Morgan fingerprint density at radius 1 is 1.26 bits per heavy atom. The van der Waals surface area contributed by atoms with Crippen LogP contribution >= 0.6 is 11.3 Å². The lowest BCUT2D eigenvalue weighted by atomic mass is 9.89. The fraction of sp³-hybridized carbons (Fsp3) is 0.364. The van der Waals surface area contributed by atoms with Crippen LogP contribution in [0.3, 0.4) is 0 Å². The third-order valence-corrected chi connectivity index (χ3v) is 8.04. The van der Waals surface area contributed by atoms with Gasteiger partial charge in [-0.1, -0.05) is 6.07 Å². The van der Waals surface area contributed by atoms with Crippen molar-refractivity contribution in [2.45, 2.75) is 44.3 Å². The molecule has 0 saturated heterocycles. The van der Waals surface area contributed by atoms with E-state index in [9.17, 15) is 17.6 Å². The standard InChI is InChI=1S/C22H24FN5O4S2/c1-4-32-19-11-24-10-17(25-19)13-5-8-16(15(23)9-13)26-20(29)22(2,3)18-12-33-21(27-18)28-34(30,31)14-6-7-14/h5,8-12,14H,4,6-7H2,1-3H3,(H,26,29)(H,27,28). The van der Waals surface area contributed by atoms with Crippen molar-refractivity contribution in [3.8, 4) is 17.1 Å². The van der Waals surface area contributed by atoms with Crippen LogP contribution in [0.15, 0.2) is 36.0 Å². The molecule has 1 fully saturated rings. The predicted molar refractivity (Wildman–Crippen MR) is 128 cm³/mol. The highest BCUT2D eigenvalue weighted by molar-refractivity contribution is 7.93. The van der Waals surface area contributed by atoms with E-state index in [1.54, 1.807) is 25.3 Å². The predicted octanol–water partition coefficient (Wildman–Crippen LogP) is 3.96. The first-order valence-corrected chi connectivity index (χ1v) is 13.1.